The van der Waals surface area contributed by atoms with E-state index >= 15 is 0 Å². The first kappa shape index (κ1) is 22.2. The molecule has 3 aromatic carbocycles. The summed E-state index contributed by atoms with van der Waals surface area (Å²) in [5.74, 6) is 1.68. The summed E-state index contributed by atoms with van der Waals surface area (Å²) >= 11 is 0. The van der Waals surface area contributed by atoms with Crippen molar-refractivity contribution in [3.05, 3.63) is 100 Å². The van der Waals surface area contributed by atoms with Gasteiger partial charge in [-0.25, -0.2) is 0 Å². The minimum Gasteiger partial charge on any atom is -0.496 e. The van der Waals surface area contributed by atoms with E-state index in [1.165, 1.54) is 46.2 Å². The summed E-state index contributed by atoms with van der Waals surface area (Å²) in [5, 5.41) is 0. The van der Waals surface area contributed by atoms with Crippen LogP contribution in [0, 0.1) is 0 Å². The molecule has 0 bridgehead atoms. The van der Waals surface area contributed by atoms with E-state index in [-0.39, 0.29) is 0 Å². The van der Waals surface area contributed by atoms with E-state index in [0.29, 0.717) is 5.92 Å². The first-order valence-corrected chi connectivity index (χ1v) is 12.4. The second-order valence-electron chi connectivity index (χ2n) is 9.86. The maximum absolute atomic E-state index is 5.63. The van der Waals surface area contributed by atoms with Gasteiger partial charge in [-0.15, -0.1) is 0 Å². The lowest BCUT2D eigenvalue weighted by atomic mass is 9.82. The van der Waals surface area contributed by atoms with Gasteiger partial charge in [-0.05, 0) is 78.1 Å². The molecule has 0 aromatic heterocycles. The van der Waals surface area contributed by atoms with Gasteiger partial charge in [0.1, 0.15) is 5.75 Å². The van der Waals surface area contributed by atoms with Crippen LogP contribution in [0.15, 0.2) is 66.7 Å². The maximum Gasteiger partial charge on any atom is 0.122 e. The molecule has 0 fully saturated rings. The Bertz CT molecular complexity index is 1080. The zero-order valence-electron chi connectivity index (χ0n) is 20.1. The molecule has 0 unspecified atom stereocenters. The molecule has 1 aliphatic carbocycles. The molecule has 3 aromatic rings. The van der Waals surface area contributed by atoms with Crippen LogP contribution in [0.25, 0.3) is 0 Å². The summed E-state index contributed by atoms with van der Waals surface area (Å²) < 4.78 is 5.63. The first-order chi connectivity index (χ1) is 16.2. The Morgan fingerprint density at radius 1 is 0.939 bits per heavy atom. The number of fused-ring (bicyclic) bond motifs is 2. The van der Waals surface area contributed by atoms with Crippen LogP contribution >= 0.6 is 0 Å². The van der Waals surface area contributed by atoms with Crippen molar-refractivity contribution in [1.82, 2.24) is 9.80 Å². The van der Waals surface area contributed by atoms with E-state index in [4.69, 9.17) is 4.74 Å². The second-order valence-corrected chi connectivity index (χ2v) is 9.86. The van der Waals surface area contributed by atoms with Gasteiger partial charge in [-0.1, -0.05) is 60.7 Å². The van der Waals surface area contributed by atoms with Crippen LogP contribution in [0.3, 0.4) is 0 Å². The fourth-order valence-corrected chi connectivity index (χ4v) is 5.71. The van der Waals surface area contributed by atoms with Crippen LogP contribution < -0.4 is 4.74 Å². The maximum atomic E-state index is 5.63. The van der Waals surface area contributed by atoms with E-state index in [1.807, 2.05) is 0 Å². The molecule has 3 heteroatoms. The van der Waals surface area contributed by atoms with Crippen LogP contribution in [0.4, 0.5) is 0 Å². The van der Waals surface area contributed by atoms with E-state index in [2.05, 4.69) is 83.6 Å². The highest BCUT2D eigenvalue weighted by molar-refractivity contribution is 5.44. The van der Waals surface area contributed by atoms with Crippen molar-refractivity contribution < 1.29 is 4.74 Å². The Morgan fingerprint density at radius 2 is 1.79 bits per heavy atom. The summed E-state index contributed by atoms with van der Waals surface area (Å²) in [6, 6.07) is 24.6. The highest BCUT2D eigenvalue weighted by Gasteiger charge is 2.24. The molecular weight excluding hydrogens is 404 g/mol. The van der Waals surface area contributed by atoms with Crippen molar-refractivity contribution in [1.29, 1.82) is 0 Å². The van der Waals surface area contributed by atoms with Crippen LogP contribution in [0.1, 0.15) is 52.1 Å². The molecule has 1 heterocycles. The van der Waals surface area contributed by atoms with Crippen LogP contribution in [0.5, 0.6) is 5.75 Å². The molecule has 0 amide bonds. The molecule has 0 spiro atoms. The fourth-order valence-electron chi connectivity index (χ4n) is 5.71. The van der Waals surface area contributed by atoms with Crippen LogP contribution in [-0.4, -0.2) is 37.0 Å². The molecule has 0 radical (unpaired) electrons. The van der Waals surface area contributed by atoms with Gasteiger partial charge in [0.15, 0.2) is 0 Å². The van der Waals surface area contributed by atoms with E-state index in [1.54, 1.807) is 7.11 Å². The molecule has 5 rings (SSSR count). The molecular formula is C30H36N2O. The van der Waals surface area contributed by atoms with Gasteiger partial charge in [-0.3, -0.25) is 4.90 Å². The molecule has 3 nitrogen and oxygen atoms in total. The molecule has 33 heavy (non-hydrogen) atoms. The molecule has 2 aliphatic rings. The molecule has 1 atom stereocenters. The summed E-state index contributed by atoms with van der Waals surface area (Å²) in [4.78, 5) is 5.07. The first-order valence-electron chi connectivity index (χ1n) is 12.4. The average Bonchev–Trinajstić information content (AvgIpc) is 3.24. The van der Waals surface area contributed by atoms with Gasteiger partial charge in [0, 0.05) is 32.7 Å². The average molecular weight is 441 g/mol. The third-order valence-corrected chi connectivity index (χ3v) is 7.43. The third-order valence-electron chi connectivity index (χ3n) is 7.43. The lowest BCUT2D eigenvalue weighted by Gasteiger charge is -2.30. The Labute approximate surface area is 199 Å². The van der Waals surface area contributed by atoms with Crippen molar-refractivity contribution in [3.8, 4) is 5.75 Å². The number of benzene rings is 3. The van der Waals surface area contributed by atoms with Gasteiger partial charge >= 0.3 is 0 Å². The van der Waals surface area contributed by atoms with Gasteiger partial charge in [-0.2, -0.15) is 0 Å². The quantitative estimate of drug-likeness (QED) is 0.440. The smallest absolute Gasteiger partial charge is 0.122 e. The van der Waals surface area contributed by atoms with Gasteiger partial charge in [0.25, 0.3) is 0 Å². The van der Waals surface area contributed by atoms with Crippen molar-refractivity contribution in [2.24, 2.45) is 0 Å². The number of nitrogens with zero attached hydrogens (tertiary/aromatic N) is 2. The fraction of sp³-hybridized carbons (Fsp3) is 0.400. The van der Waals surface area contributed by atoms with Crippen LogP contribution in [0.2, 0.25) is 0 Å². The predicted molar refractivity (Wildman–Crippen MR) is 136 cm³/mol. The van der Waals surface area contributed by atoms with E-state index in [0.717, 1.165) is 51.3 Å². The highest BCUT2D eigenvalue weighted by Crippen LogP contribution is 2.37. The number of ether oxygens (including phenoxy) is 1. The summed E-state index contributed by atoms with van der Waals surface area (Å²) in [5.41, 5.74) is 8.81. The minimum atomic E-state index is 0.611. The Morgan fingerprint density at radius 3 is 2.64 bits per heavy atom. The Hall–Kier alpha value is -2.62. The lowest BCUT2D eigenvalue weighted by molar-refractivity contribution is 0.275. The molecule has 172 valence electrons. The second kappa shape index (κ2) is 10.1. The number of likely N-dealkylation sites (N-methyl/N-ethyl adjacent to an activating group) is 1. The minimum absolute atomic E-state index is 0.611. The summed E-state index contributed by atoms with van der Waals surface area (Å²) in [6.07, 6.45) is 4.80. The third kappa shape index (κ3) is 5.15. The summed E-state index contributed by atoms with van der Waals surface area (Å²) in [7, 11) is 4.08. The molecule has 1 aliphatic heterocycles. The SMILES string of the molecule is COc1cccc2c1CCC[C@H]2CN(C)CCc1ccc2c(c1)CN(Cc1ccccc1)C2. The predicted octanol–water partition coefficient (Wildman–Crippen LogP) is 5.81. The van der Waals surface area contributed by atoms with Crippen molar-refractivity contribution in [2.75, 3.05) is 27.2 Å². The number of hydrogen-bond donors (Lipinski definition) is 0. The molecule has 0 saturated carbocycles. The van der Waals surface area contributed by atoms with Crippen LogP contribution in [-0.2, 0) is 32.5 Å². The van der Waals surface area contributed by atoms with E-state index in [9.17, 15) is 0 Å². The number of hydrogen-bond acceptors (Lipinski definition) is 3. The van der Waals surface area contributed by atoms with Crippen molar-refractivity contribution in [2.45, 2.75) is 51.2 Å². The number of methoxy groups -OCH3 is 1. The van der Waals surface area contributed by atoms with Gasteiger partial charge < -0.3 is 9.64 Å². The lowest BCUT2D eigenvalue weighted by Crippen LogP contribution is -2.28. The summed E-state index contributed by atoms with van der Waals surface area (Å²) in [6.45, 7) is 5.38. The standard InChI is InChI=1S/C30H36N2O/c1-31(20-26-10-6-12-29-28(26)11-7-13-30(29)33-2)17-16-23-14-15-25-21-32(22-27(25)18-23)19-24-8-4-3-5-9-24/h3-5,7-9,11,13-15,18,26H,6,10,12,16-17,19-22H2,1-2H3/t26-/m0/s1. The normalized spacial score (nSPS) is 17.7. The monoisotopic (exact) mass is 440 g/mol. The molecule has 0 saturated heterocycles. The van der Waals surface area contributed by atoms with Crippen molar-refractivity contribution in [3.63, 3.8) is 0 Å². The van der Waals surface area contributed by atoms with E-state index < -0.39 is 0 Å². The molecule has 0 N–H and O–H groups in total. The van der Waals surface area contributed by atoms with Crippen molar-refractivity contribution >= 4 is 0 Å². The number of rotatable bonds is 8. The topological polar surface area (TPSA) is 15.7 Å². The Balaban J connectivity index is 1.16. The zero-order chi connectivity index (χ0) is 22.6. The largest absolute Gasteiger partial charge is 0.496 e. The zero-order valence-corrected chi connectivity index (χ0v) is 20.1. The highest BCUT2D eigenvalue weighted by atomic mass is 16.5. The Kier molecular flexibility index (Phi) is 6.80. The van der Waals surface area contributed by atoms with Gasteiger partial charge in [0.05, 0.1) is 7.11 Å². The van der Waals surface area contributed by atoms with Gasteiger partial charge in [0.2, 0.25) is 0 Å².